The number of hydrogen-bond acceptors (Lipinski definition) is 4. The van der Waals surface area contributed by atoms with Gasteiger partial charge in [-0.2, -0.15) is 0 Å². The van der Waals surface area contributed by atoms with Gasteiger partial charge in [-0.3, -0.25) is 4.79 Å². The molecule has 1 aliphatic rings. The standard InChI is InChI=1S/C13H21N3O2/c1-3-16(8-11-5-4-6-14-7-11)13(17)12-10(2)15-9-18-12/h9,11,14H,3-8H2,1-2H3. The van der Waals surface area contributed by atoms with Gasteiger partial charge in [0.1, 0.15) is 0 Å². The summed E-state index contributed by atoms with van der Waals surface area (Å²) in [4.78, 5) is 18.1. The summed E-state index contributed by atoms with van der Waals surface area (Å²) < 4.78 is 5.18. The van der Waals surface area contributed by atoms with Gasteiger partial charge in [0.2, 0.25) is 5.76 Å². The topological polar surface area (TPSA) is 58.4 Å². The fourth-order valence-corrected chi connectivity index (χ4v) is 2.40. The number of rotatable bonds is 4. The summed E-state index contributed by atoms with van der Waals surface area (Å²) in [6, 6.07) is 0. The van der Waals surface area contributed by atoms with Crippen LogP contribution in [0.2, 0.25) is 0 Å². The Morgan fingerprint density at radius 2 is 2.50 bits per heavy atom. The number of aryl methyl sites for hydroxylation is 1. The SMILES string of the molecule is CCN(CC1CCCNC1)C(=O)c1ocnc1C. The van der Waals surface area contributed by atoms with Crippen molar-refractivity contribution in [2.75, 3.05) is 26.2 Å². The van der Waals surface area contributed by atoms with Crippen LogP contribution in [0.15, 0.2) is 10.8 Å². The van der Waals surface area contributed by atoms with Crippen molar-refractivity contribution >= 4 is 5.91 Å². The molecule has 0 radical (unpaired) electrons. The molecule has 18 heavy (non-hydrogen) atoms. The first kappa shape index (κ1) is 13.1. The van der Waals surface area contributed by atoms with Crippen LogP contribution >= 0.6 is 0 Å². The Kier molecular flexibility index (Phi) is 4.36. The molecule has 1 fully saturated rings. The number of oxazole rings is 1. The fraction of sp³-hybridized carbons (Fsp3) is 0.692. The smallest absolute Gasteiger partial charge is 0.291 e. The number of nitrogens with zero attached hydrogens (tertiary/aromatic N) is 2. The van der Waals surface area contributed by atoms with Gasteiger partial charge >= 0.3 is 0 Å². The molecule has 0 spiro atoms. The van der Waals surface area contributed by atoms with Gasteiger partial charge in [0.25, 0.3) is 5.91 Å². The maximum Gasteiger partial charge on any atom is 0.291 e. The quantitative estimate of drug-likeness (QED) is 0.880. The van der Waals surface area contributed by atoms with E-state index in [4.69, 9.17) is 4.42 Å². The Morgan fingerprint density at radius 1 is 1.67 bits per heavy atom. The third kappa shape index (κ3) is 2.90. The molecule has 0 bridgehead atoms. The monoisotopic (exact) mass is 251 g/mol. The number of hydrogen-bond donors (Lipinski definition) is 1. The Hall–Kier alpha value is -1.36. The van der Waals surface area contributed by atoms with E-state index in [1.165, 1.54) is 19.2 Å². The zero-order chi connectivity index (χ0) is 13.0. The van der Waals surface area contributed by atoms with Gasteiger partial charge in [-0.1, -0.05) is 0 Å². The number of piperidine rings is 1. The third-order valence-electron chi connectivity index (χ3n) is 3.49. The van der Waals surface area contributed by atoms with Crippen LogP contribution in [-0.2, 0) is 0 Å². The van der Waals surface area contributed by atoms with Crippen LogP contribution in [0.3, 0.4) is 0 Å². The third-order valence-corrected chi connectivity index (χ3v) is 3.49. The van der Waals surface area contributed by atoms with Crippen LogP contribution in [0.1, 0.15) is 36.0 Å². The van der Waals surface area contributed by atoms with E-state index in [1.54, 1.807) is 6.92 Å². The molecule has 1 atom stereocenters. The molecule has 1 saturated heterocycles. The number of carbonyl (C=O) groups is 1. The van der Waals surface area contributed by atoms with Gasteiger partial charge < -0.3 is 14.6 Å². The van der Waals surface area contributed by atoms with Gasteiger partial charge in [-0.05, 0) is 45.7 Å². The highest BCUT2D eigenvalue weighted by Gasteiger charge is 2.23. The van der Waals surface area contributed by atoms with E-state index < -0.39 is 0 Å². The molecule has 5 heteroatoms. The Bertz CT molecular complexity index is 397. The summed E-state index contributed by atoms with van der Waals surface area (Å²) >= 11 is 0. The molecule has 1 aliphatic heterocycles. The van der Waals surface area contributed by atoms with Crippen molar-refractivity contribution < 1.29 is 9.21 Å². The minimum atomic E-state index is -0.0435. The molecule has 2 heterocycles. The average molecular weight is 251 g/mol. The van der Waals surface area contributed by atoms with Crippen molar-refractivity contribution in [1.29, 1.82) is 0 Å². The maximum atomic E-state index is 12.3. The summed E-state index contributed by atoms with van der Waals surface area (Å²) in [5.41, 5.74) is 0.667. The van der Waals surface area contributed by atoms with Crippen molar-refractivity contribution in [3.05, 3.63) is 17.8 Å². The molecule has 1 aromatic rings. The first-order chi connectivity index (χ1) is 8.72. The molecular formula is C13H21N3O2. The second-order valence-corrected chi connectivity index (χ2v) is 4.82. The number of carbonyl (C=O) groups excluding carboxylic acids is 1. The van der Waals surface area contributed by atoms with Gasteiger partial charge in [0.15, 0.2) is 6.39 Å². The summed E-state index contributed by atoms with van der Waals surface area (Å²) in [6.45, 7) is 7.39. The molecule has 100 valence electrons. The highest BCUT2D eigenvalue weighted by atomic mass is 16.3. The maximum absolute atomic E-state index is 12.3. The fourth-order valence-electron chi connectivity index (χ4n) is 2.40. The van der Waals surface area contributed by atoms with Crippen molar-refractivity contribution in [2.45, 2.75) is 26.7 Å². The van der Waals surface area contributed by atoms with Gasteiger partial charge in [-0.25, -0.2) is 4.98 Å². The van der Waals surface area contributed by atoms with Crippen LogP contribution in [0.5, 0.6) is 0 Å². The predicted molar refractivity (Wildman–Crippen MR) is 68.4 cm³/mol. The van der Waals surface area contributed by atoms with E-state index in [0.29, 0.717) is 23.9 Å². The van der Waals surface area contributed by atoms with E-state index in [9.17, 15) is 4.79 Å². The lowest BCUT2D eigenvalue weighted by Gasteiger charge is -2.29. The first-order valence-electron chi connectivity index (χ1n) is 6.62. The first-order valence-corrected chi connectivity index (χ1v) is 6.62. The number of aromatic nitrogens is 1. The lowest BCUT2D eigenvalue weighted by Crippen LogP contribution is -2.41. The predicted octanol–water partition coefficient (Wildman–Crippen LogP) is 1.44. The molecule has 0 aliphatic carbocycles. The van der Waals surface area contributed by atoms with Crippen molar-refractivity contribution in [3.63, 3.8) is 0 Å². The summed E-state index contributed by atoms with van der Waals surface area (Å²) in [7, 11) is 0. The van der Waals surface area contributed by atoms with Crippen molar-refractivity contribution in [2.24, 2.45) is 5.92 Å². The van der Waals surface area contributed by atoms with Gasteiger partial charge in [0.05, 0.1) is 5.69 Å². The molecule has 0 saturated carbocycles. The highest BCUT2D eigenvalue weighted by molar-refractivity contribution is 5.92. The lowest BCUT2D eigenvalue weighted by atomic mass is 9.99. The molecule has 0 aromatic carbocycles. The Balaban J connectivity index is 1.99. The zero-order valence-electron chi connectivity index (χ0n) is 11.1. The zero-order valence-corrected chi connectivity index (χ0v) is 11.1. The summed E-state index contributed by atoms with van der Waals surface area (Å²) in [5.74, 6) is 0.879. The highest BCUT2D eigenvalue weighted by Crippen LogP contribution is 2.15. The minimum Gasteiger partial charge on any atom is -0.438 e. The molecule has 5 nitrogen and oxygen atoms in total. The van der Waals surface area contributed by atoms with Crippen LogP contribution in [0.25, 0.3) is 0 Å². The Labute approximate surface area is 108 Å². The van der Waals surface area contributed by atoms with Crippen LogP contribution in [-0.4, -0.2) is 42.0 Å². The molecule has 1 N–H and O–H groups in total. The minimum absolute atomic E-state index is 0.0435. The van der Waals surface area contributed by atoms with Crippen LogP contribution < -0.4 is 5.32 Å². The van der Waals surface area contributed by atoms with E-state index >= 15 is 0 Å². The molecule has 2 rings (SSSR count). The second kappa shape index (κ2) is 6.00. The number of amides is 1. The summed E-state index contributed by atoms with van der Waals surface area (Å²) in [6.07, 6.45) is 3.71. The normalized spacial score (nSPS) is 19.8. The largest absolute Gasteiger partial charge is 0.438 e. The van der Waals surface area contributed by atoms with Gasteiger partial charge in [0, 0.05) is 13.1 Å². The summed E-state index contributed by atoms with van der Waals surface area (Å²) in [5, 5.41) is 3.38. The van der Waals surface area contributed by atoms with Crippen molar-refractivity contribution in [1.82, 2.24) is 15.2 Å². The van der Waals surface area contributed by atoms with Crippen LogP contribution in [0, 0.1) is 12.8 Å². The molecule has 1 amide bonds. The van der Waals surface area contributed by atoms with Crippen LogP contribution in [0.4, 0.5) is 0 Å². The van der Waals surface area contributed by atoms with Crippen molar-refractivity contribution in [3.8, 4) is 0 Å². The van der Waals surface area contributed by atoms with E-state index in [-0.39, 0.29) is 5.91 Å². The average Bonchev–Trinajstić information content (AvgIpc) is 2.82. The van der Waals surface area contributed by atoms with E-state index in [2.05, 4.69) is 10.3 Å². The molecule has 1 unspecified atom stereocenters. The van der Waals surface area contributed by atoms with E-state index in [1.807, 2.05) is 11.8 Å². The lowest BCUT2D eigenvalue weighted by molar-refractivity contribution is 0.0696. The van der Waals surface area contributed by atoms with E-state index in [0.717, 1.165) is 19.6 Å². The molecule has 1 aromatic heterocycles. The molecular weight excluding hydrogens is 230 g/mol. The van der Waals surface area contributed by atoms with Gasteiger partial charge in [-0.15, -0.1) is 0 Å². The Morgan fingerprint density at radius 3 is 3.06 bits per heavy atom. The second-order valence-electron chi connectivity index (χ2n) is 4.82. The number of nitrogens with one attached hydrogen (secondary N) is 1.